The zero-order valence-corrected chi connectivity index (χ0v) is 11.9. The molecule has 0 amide bonds. The Morgan fingerprint density at radius 3 is 2.60 bits per heavy atom. The summed E-state index contributed by atoms with van der Waals surface area (Å²) in [5, 5.41) is 12.1. The number of rotatable bonds is 5. The molecule has 1 saturated heterocycles. The Morgan fingerprint density at radius 1 is 1.15 bits per heavy atom. The largest absolute Gasteiger partial charge is 0.396 e. The van der Waals surface area contributed by atoms with Crippen LogP contribution in [0.2, 0.25) is 0 Å². The number of hydrogen-bond donors (Lipinski definition) is 1. The molecule has 0 aliphatic carbocycles. The highest BCUT2D eigenvalue weighted by Crippen LogP contribution is 2.28. The number of ether oxygens (including phenoxy) is 1. The Hall–Kier alpha value is -1.42. The van der Waals surface area contributed by atoms with Crippen molar-refractivity contribution in [2.24, 2.45) is 5.41 Å². The van der Waals surface area contributed by atoms with E-state index in [1.165, 1.54) is 16.3 Å². The summed E-state index contributed by atoms with van der Waals surface area (Å²) >= 11 is 0. The number of aliphatic hydroxyl groups is 1. The third kappa shape index (κ3) is 2.57. The van der Waals surface area contributed by atoms with Crippen LogP contribution in [0.3, 0.4) is 0 Å². The van der Waals surface area contributed by atoms with Gasteiger partial charge in [-0.15, -0.1) is 0 Å². The number of aliphatic hydroxyl groups excluding tert-OH is 1. The molecule has 1 heterocycles. The summed E-state index contributed by atoms with van der Waals surface area (Å²) in [6.07, 6.45) is 0. The molecule has 0 saturated carbocycles. The van der Waals surface area contributed by atoms with Crippen LogP contribution in [0.4, 0.5) is 0 Å². The Balaban J connectivity index is 1.76. The summed E-state index contributed by atoms with van der Waals surface area (Å²) in [7, 11) is 2.11. The van der Waals surface area contributed by atoms with Gasteiger partial charge in [0.15, 0.2) is 0 Å². The molecular formula is C17H21NO2. The summed E-state index contributed by atoms with van der Waals surface area (Å²) in [5.41, 5.74) is 1.28. The maximum atomic E-state index is 9.52. The molecule has 1 N–H and O–H groups in total. The fourth-order valence-electron chi connectivity index (χ4n) is 2.97. The summed E-state index contributed by atoms with van der Waals surface area (Å²) in [6, 6.07) is 14.9. The molecule has 0 aromatic heterocycles. The first-order valence-electron chi connectivity index (χ1n) is 7.06. The van der Waals surface area contributed by atoms with Crippen LogP contribution >= 0.6 is 0 Å². The van der Waals surface area contributed by atoms with Crippen molar-refractivity contribution in [3.05, 3.63) is 48.0 Å². The molecule has 1 aliphatic heterocycles. The van der Waals surface area contributed by atoms with Crippen molar-refractivity contribution < 1.29 is 9.84 Å². The van der Waals surface area contributed by atoms with Gasteiger partial charge in [-0.25, -0.2) is 0 Å². The van der Waals surface area contributed by atoms with Crippen molar-refractivity contribution in [1.82, 2.24) is 4.90 Å². The molecule has 2 aromatic carbocycles. The summed E-state index contributed by atoms with van der Waals surface area (Å²) in [5.74, 6) is 0. The minimum atomic E-state index is -0.0562. The van der Waals surface area contributed by atoms with Crippen molar-refractivity contribution in [2.45, 2.75) is 6.54 Å². The standard InChI is InChI=1S/C17H21NO2/c1-18(10-17(11-19)12-20-13-17)9-15-7-4-6-14-5-2-3-8-16(14)15/h2-8,19H,9-13H2,1H3. The zero-order valence-electron chi connectivity index (χ0n) is 11.9. The third-order valence-electron chi connectivity index (χ3n) is 4.08. The number of hydrogen-bond acceptors (Lipinski definition) is 3. The molecule has 0 radical (unpaired) electrons. The van der Waals surface area contributed by atoms with Gasteiger partial charge in [-0.3, -0.25) is 0 Å². The van der Waals surface area contributed by atoms with Gasteiger partial charge in [0.05, 0.1) is 25.2 Å². The lowest BCUT2D eigenvalue weighted by Crippen LogP contribution is -2.52. The van der Waals surface area contributed by atoms with Gasteiger partial charge < -0.3 is 14.7 Å². The predicted octanol–water partition coefficient (Wildman–Crippen LogP) is 2.28. The normalized spacial score (nSPS) is 17.4. The van der Waals surface area contributed by atoms with Gasteiger partial charge >= 0.3 is 0 Å². The van der Waals surface area contributed by atoms with Crippen LogP contribution in [0.5, 0.6) is 0 Å². The van der Waals surface area contributed by atoms with Gasteiger partial charge in [-0.05, 0) is 23.4 Å². The Kier molecular flexibility index (Phi) is 3.74. The van der Waals surface area contributed by atoms with Crippen molar-refractivity contribution in [2.75, 3.05) is 33.4 Å². The van der Waals surface area contributed by atoms with Crippen LogP contribution in [-0.4, -0.2) is 43.4 Å². The molecule has 20 heavy (non-hydrogen) atoms. The monoisotopic (exact) mass is 271 g/mol. The van der Waals surface area contributed by atoms with Gasteiger partial charge in [0.1, 0.15) is 0 Å². The van der Waals surface area contributed by atoms with Crippen LogP contribution in [-0.2, 0) is 11.3 Å². The maximum Gasteiger partial charge on any atom is 0.0579 e. The van der Waals surface area contributed by atoms with Crippen LogP contribution in [0, 0.1) is 5.41 Å². The first-order chi connectivity index (χ1) is 9.72. The molecule has 3 rings (SSSR count). The Labute approximate surface area is 119 Å². The lowest BCUT2D eigenvalue weighted by molar-refractivity contribution is -0.147. The molecule has 1 aliphatic rings. The fourth-order valence-corrected chi connectivity index (χ4v) is 2.97. The number of nitrogens with zero attached hydrogens (tertiary/aromatic N) is 1. The van der Waals surface area contributed by atoms with E-state index < -0.39 is 0 Å². The van der Waals surface area contributed by atoms with Crippen LogP contribution < -0.4 is 0 Å². The number of benzene rings is 2. The molecule has 0 spiro atoms. The molecular weight excluding hydrogens is 250 g/mol. The molecule has 2 aromatic rings. The van der Waals surface area contributed by atoms with Gasteiger partial charge in [0, 0.05) is 13.1 Å². The summed E-state index contributed by atoms with van der Waals surface area (Å²) in [6.45, 7) is 3.30. The van der Waals surface area contributed by atoms with E-state index in [4.69, 9.17) is 4.74 Å². The zero-order chi connectivity index (χ0) is 14.0. The van der Waals surface area contributed by atoms with E-state index in [2.05, 4.69) is 54.4 Å². The van der Waals surface area contributed by atoms with Crippen LogP contribution in [0.25, 0.3) is 10.8 Å². The molecule has 106 valence electrons. The average Bonchev–Trinajstić information content (AvgIpc) is 2.43. The quantitative estimate of drug-likeness (QED) is 0.905. The van der Waals surface area contributed by atoms with Crippen molar-refractivity contribution in [3.63, 3.8) is 0 Å². The van der Waals surface area contributed by atoms with Gasteiger partial charge in [0.25, 0.3) is 0 Å². The van der Waals surface area contributed by atoms with Gasteiger partial charge in [0.2, 0.25) is 0 Å². The number of fused-ring (bicyclic) bond motifs is 1. The van der Waals surface area contributed by atoms with E-state index in [9.17, 15) is 5.11 Å². The molecule has 0 bridgehead atoms. The summed E-state index contributed by atoms with van der Waals surface area (Å²) in [4.78, 5) is 2.28. The fraction of sp³-hybridized carbons (Fsp3) is 0.412. The summed E-state index contributed by atoms with van der Waals surface area (Å²) < 4.78 is 5.26. The SMILES string of the molecule is CN(Cc1cccc2ccccc12)CC1(CO)COC1. The van der Waals surface area contributed by atoms with Gasteiger partial charge in [-0.1, -0.05) is 42.5 Å². The smallest absolute Gasteiger partial charge is 0.0579 e. The average molecular weight is 271 g/mol. The first-order valence-corrected chi connectivity index (χ1v) is 7.06. The molecule has 1 fully saturated rings. The van der Waals surface area contributed by atoms with E-state index in [0.29, 0.717) is 13.2 Å². The topological polar surface area (TPSA) is 32.7 Å². The van der Waals surface area contributed by atoms with Crippen molar-refractivity contribution in [3.8, 4) is 0 Å². The van der Waals surface area contributed by atoms with Gasteiger partial charge in [-0.2, -0.15) is 0 Å². The minimum absolute atomic E-state index is 0.0562. The molecule has 0 unspecified atom stereocenters. The second-order valence-corrected chi connectivity index (χ2v) is 5.96. The van der Waals surface area contributed by atoms with Crippen LogP contribution in [0.1, 0.15) is 5.56 Å². The predicted molar refractivity (Wildman–Crippen MR) is 80.6 cm³/mol. The van der Waals surface area contributed by atoms with E-state index in [1.807, 2.05) is 0 Å². The highest BCUT2D eigenvalue weighted by Gasteiger charge is 2.38. The third-order valence-corrected chi connectivity index (χ3v) is 4.08. The van der Waals surface area contributed by atoms with E-state index >= 15 is 0 Å². The second kappa shape index (κ2) is 5.52. The van der Waals surface area contributed by atoms with Crippen molar-refractivity contribution in [1.29, 1.82) is 0 Å². The van der Waals surface area contributed by atoms with E-state index in [1.54, 1.807) is 0 Å². The maximum absolute atomic E-state index is 9.52. The van der Waals surface area contributed by atoms with Crippen LogP contribution in [0.15, 0.2) is 42.5 Å². The second-order valence-electron chi connectivity index (χ2n) is 5.96. The molecule has 0 atom stereocenters. The molecule has 3 heteroatoms. The minimum Gasteiger partial charge on any atom is -0.396 e. The lowest BCUT2D eigenvalue weighted by atomic mass is 9.86. The highest BCUT2D eigenvalue weighted by atomic mass is 16.5. The lowest BCUT2D eigenvalue weighted by Gasteiger charge is -2.42. The van der Waals surface area contributed by atoms with Crippen molar-refractivity contribution >= 4 is 10.8 Å². The van der Waals surface area contributed by atoms with E-state index in [-0.39, 0.29) is 12.0 Å². The molecule has 3 nitrogen and oxygen atoms in total. The Bertz CT molecular complexity index is 582. The first kappa shape index (κ1) is 13.6. The highest BCUT2D eigenvalue weighted by molar-refractivity contribution is 5.85. The van der Waals surface area contributed by atoms with E-state index in [0.717, 1.165) is 13.1 Å². The Morgan fingerprint density at radius 2 is 1.90 bits per heavy atom.